The molecule has 0 aliphatic carbocycles. The molecule has 2 aromatic rings. The molecule has 0 atom stereocenters. The van der Waals surface area contributed by atoms with Gasteiger partial charge in [-0.05, 0) is 48.4 Å². The van der Waals surface area contributed by atoms with Gasteiger partial charge in [0.15, 0.2) is 0 Å². The van der Waals surface area contributed by atoms with Crippen LogP contribution in [0.15, 0.2) is 29.6 Å². The maximum atomic E-state index is 12.5. The highest BCUT2D eigenvalue weighted by Gasteiger charge is 2.21. The number of hydrogen-bond acceptors (Lipinski definition) is 3. The average Bonchev–Trinajstić information content (AvgIpc) is 2.83. The first-order valence-electron chi connectivity index (χ1n) is 6.11. The van der Waals surface area contributed by atoms with Gasteiger partial charge in [0.05, 0.1) is 17.0 Å². The summed E-state index contributed by atoms with van der Waals surface area (Å²) < 4.78 is 5.70. The van der Waals surface area contributed by atoms with E-state index in [0.29, 0.717) is 12.2 Å². The van der Waals surface area contributed by atoms with E-state index in [1.165, 1.54) is 11.3 Å². The lowest BCUT2D eigenvalue weighted by Gasteiger charge is -2.19. The molecule has 0 amide bonds. The van der Waals surface area contributed by atoms with Crippen LogP contribution >= 0.6 is 11.3 Å². The first-order chi connectivity index (χ1) is 8.77. The molecule has 0 spiro atoms. The third-order valence-electron chi connectivity index (χ3n) is 3.25. The van der Waals surface area contributed by atoms with Crippen LogP contribution in [0.2, 0.25) is 0 Å². The molecule has 1 aromatic carbocycles. The molecule has 0 bridgehead atoms. The molecule has 0 saturated heterocycles. The monoisotopic (exact) mass is 258 g/mol. The molecular formula is C15H14O2S. The number of hydrogen-bond donors (Lipinski definition) is 0. The van der Waals surface area contributed by atoms with E-state index in [4.69, 9.17) is 4.74 Å². The summed E-state index contributed by atoms with van der Waals surface area (Å²) in [4.78, 5) is 13.3. The Morgan fingerprint density at radius 1 is 1.33 bits per heavy atom. The second kappa shape index (κ2) is 4.58. The van der Waals surface area contributed by atoms with Gasteiger partial charge in [-0.25, -0.2) is 0 Å². The zero-order valence-electron chi connectivity index (χ0n) is 10.2. The molecule has 18 heavy (non-hydrogen) atoms. The Bertz CT molecular complexity index is 598. The Balaban J connectivity index is 2.07. The number of rotatable bonds is 2. The normalized spacial score (nSPS) is 13.8. The van der Waals surface area contributed by atoms with Gasteiger partial charge in [0.25, 0.3) is 0 Å². The van der Waals surface area contributed by atoms with E-state index >= 15 is 0 Å². The number of ketones is 1. The van der Waals surface area contributed by atoms with E-state index < -0.39 is 0 Å². The van der Waals surface area contributed by atoms with E-state index in [1.54, 1.807) is 0 Å². The predicted octanol–water partition coefficient (Wildman–Crippen LogP) is 3.61. The average molecular weight is 258 g/mol. The lowest BCUT2D eigenvalue weighted by Crippen LogP contribution is -2.13. The van der Waals surface area contributed by atoms with Gasteiger partial charge in [-0.1, -0.05) is 12.1 Å². The largest absolute Gasteiger partial charge is 0.493 e. The summed E-state index contributed by atoms with van der Waals surface area (Å²) in [5, 5.41) is 1.96. The summed E-state index contributed by atoms with van der Waals surface area (Å²) in [6, 6.07) is 7.84. The zero-order valence-corrected chi connectivity index (χ0v) is 11.0. The Hall–Kier alpha value is -1.61. The number of ether oxygens (including phenoxy) is 1. The fourth-order valence-corrected chi connectivity index (χ4v) is 3.17. The van der Waals surface area contributed by atoms with Gasteiger partial charge in [0.2, 0.25) is 5.78 Å². The molecule has 1 aliphatic rings. The molecule has 92 valence electrons. The highest BCUT2D eigenvalue weighted by molar-refractivity contribution is 7.12. The van der Waals surface area contributed by atoms with Crippen molar-refractivity contribution in [1.82, 2.24) is 0 Å². The lowest BCUT2D eigenvalue weighted by molar-refractivity contribution is 0.103. The number of aryl methyl sites for hydroxylation is 2. The summed E-state index contributed by atoms with van der Waals surface area (Å²) in [6.45, 7) is 2.68. The SMILES string of the molecule is Cc1ccsc1C(=O)c1cccc2c1OCCC2. The van der Waals surface area contributed by atoms with Crippen molar-refractivity contribution in [1.29, 1.82) is 0 Å². The summed E-state index contributed by atoms with van der Waals surface area (Å²) in [7, 11) is 0. The molecular weight excluding hydrogens is 244 g/mol. The maximum absolute atomic E-state index is 12.5. The predicted molar refractivity (Wildman–Crippen MR) is 72.7 cm³/mol. The van der Waals surface area contributed by atoms with Crippen LogP contribution in [0.4, 0.5) is 0 Å². The summed E-state index contributed by atoms with van der Waals surface area (Å²) in [5.41, 5.74) is 2.90. The van der Waals surface area contributed by atoms with Crippen molar-refractivity contribution in [2.24, 2.45) is 0 Å². The second-order valence-electron chi connectivity index (χ2n) is 4.51. The number of carbonyl (C=O) groups excluding carboxylic acids is 1. The number of carbonyl (C=O) groups is 1. The standard InChI is InChI=1S/C15H14O2S/c1-10-7-9-18-15(10)13(16)12-6-2-4-11-5-3-8-17-14(11)12/h2,4,6-7,9H,3,5,8H2,1H3. The van der Waals surface area contributed by atoms with E-state index in [0.717, 1.165) is 34.6 Å². The van der Waals surface area contributed by atoms with Gasteiger partial charge < -0.3 is 4.74 Å². The molecule has 3 heteroatoms. The number of thiophene rings is 1. The number of benzene rings is 1. The van der Waals surface area contributed by atoms with Gasteiger partial charge in [0.1, 0.15) is 5.75 Å². The van der Waals surface area contributed by atoms with Crippen molar-refractivity contribution in [2.75, 3.05) is 6.61 Å². The van der Waals surface area contributed by atoms with Crippen LogP contribution in [-0.4, -0.2) is 12.4 Å². The topological polar surface area (TPSA) is 26.3 Å². The Kier molecular flexibility index (Phi) is 2.92. The highest BCUT2D eigenvalue weighted by atomic mass is 32.1. The summed E-state index contributed by atoms with van der Waals surface area (Å²) in [5.74, 6) is 0.878. The van der Waals surface area contributed by atoms with E-state index in [-0.39, 0.29) is 5.78 Å². The number of para-hydroxylation sites is 1. The van der Waals surface area contributed by atoms with Crippen LogP contribution < -0.4 is 4.74 Å². The van der Waals surface area contributed by atoms with Crippen LogP contribution in [0.3, 0.4) is 0 Å². The smallest absolute Gasteiger partial charge is 0.206 e. The molecule has 2 nitrogen and oxygen atoms in total. The Morgan fingerprint density at radius 3 is 3.00 bits per heavy atom. The first kappa shape index (κ1) is 11.5. The molecule has 0 radical (unpaired) electrons. The van der Waals surface area contributed by atoms with Gasteiger partial charge in [0, 0.05) is 0 Å². The van der Waals surface area contributed by atoms with Gasteiger partial charge in [-0.2, -0.15) is 0 Å². The van der Waals surface area contributed by atoms with Gasteiger partial charge in [-0.15, -0.1) is 11.3 Å². The van der Waals surface area contributed by atoms with Crippen LogP contribution in [0.1, 0.15) is 32.8 Å². The molecule has 0 N–H and O–H groups in total. The molecule has 0 unspecified atom stereocenters. The van der Waals surface area contributed by atoms with Crippen LogP contribution in [0.25, 0.3) is 0 Å². The van der Waals surface area contributed by atoms with E-state index in [1.807, 2.05) is 36.6 Å². The quantitative estimate of drug-likeness (QED) is 0.769. The third-order valence-corrected chi connectivity index (χ3v) is 4.26. The third kappa shape index (κ3) is 1.85. The first-order valence-corrected chi connectivity index (χ1v) is 6.99. The summed E-state index contributed by atoms with van der Waals surface area (Å²) >= 11 is 1.50. The van der Waals surface area contributed by atoms with Crippen molar-refractivity contribution in [3.05, 3.63) is 51.2 Å². The van der Waals surface area contributed by atoms with Crippen LogP contribution in [-0.2, 0) is 6.42 Å². The molecule has 2 heterocycles. The fraction of sp³-hybridized carbons (Fsp3) is 0.267. The highest BCUT2D eigenvalue weighted by Crippen LogP contribution is 2.32. The van der Waals surface area contributed by atoms with Gasteiger partial charge >= 0.3 is 0 Å². The molecule has 0 saturated carbocycles. The molecule has 1 aliphatic heterocycles. The van der Waals surface area contributed by atoms with Crippen molar-refractivity contribution in [3.8, 4) is 5.75 Å². The van der Waals surface area contributed by atoms with E-state index in [9.17, 15) is 4.79 Å². The van der Waals surface area contributed by atoms with Crippen LogP contribution in [0, 0.1) is 6.92 Å². The molecule has 1 aromatic heterocycles. The zero-order chi connectivity index (χ0) is 12.5. The lowest BCUT2D eigenvalue weighted by atomic mass is 9.99. The second-order valence-corrected chi connectivity index (χ2v) is 5.42. The van der Waals surface area contributed by atoms with Crippen LogP contribution in [0.5, 0.6) is 5.75 Å². The minimum Gasteiger partial charge on any atom is -0.493 e. The van der Waals surface area contributed by atoms with Gasteiger partial charge in [-0.3, -0.25) is 4.79 Å². The minimum atomic E-state index is 0.0845. The van der Waals surface area contributed by atoms with Crippen molar-refractivity contribution in [2.45, 2.75) is 19.8 Å². The van der Waals surface area contributed by atoms with Crippen molar-refractivity contribution < 1.29 is 9.53 Å². The maximum Gasteiger partial charge on any atom is 0.206 e. The molecule has 0 fully saturated rings. The molecule has 3 rings (SSSR count). The van der Waals surface area contributed by atoms with Crippen molar-refractivity contribution in [3.63, 3.8) is 0 Å². The van der Waals surface area contributed by atoms with Crippen molar-refractivity contribution >= 4 is 17.1 Å². The Morgan fingerprint density at radius 2 is 2.22 bits per heavy atom. The number of fused-ring (bicyclic) bond motifs is 1. The fourth-order valence-electron chi connectivity index (χ4n) is 2.30. The summed E-state index contributed by atoms with van der Waals surface area (Å²) in [6.07, 6.45) is 2.03. The minimum absolute atomic E-state index is 0.0845. The Labute approximate surface area is 110 Å². The van der Waals surface area contributed by atoms with E-state index in [2.05, 4.69) is 0 Å².